The predicted molar refractivity (Wildman–Crippen MR) is 42.4 cm³/mol. The molecule has 1 N–H and O–H groups in total. The number of unbranched alkanes of at least 4 members (excludes halogenated alkanes) is 2. The SMILES string of the molecule is [CH2]CCCCNCCC. The molecule has 0 saturated carbocycles. The zero-order chi connectivity index (χ0) is 6.95. The van der Waals surface area contributed by atoms with Gasteiger partial charge in [-0.25, -0.2) is 0 Å². The molecule has 0 aromatic heterocycles. The number of hydrogen-bond donors (Lipinski definition) is 1. The van der Waals surface area contributed by atoms with Crippen LogP contribution >= 0.6 is 0 Å². The van der Waals surface area contributed by atoms with Crippen LogP contribution in [0, 0.1) is 6.92 Å². The Kier molecular flexibility index (Phi) is 7.92. The smallest absolute Gasteiger partial charge is 0.00489 e. The van der Waals surface area contributed by atoms with E-state index in [1.165, 1.54) is 25.8 Å². The van der Waals surface area contributed by atoms with Gasteiger partial charge in [-0.3, -0.25) is 0 Å². The molecule has 0 bridgehead atoms. The first-order valence-corrected chi connectivity index (χ1v) is 3.91. The predicted octanol–water partition coefficient (Wildman–Crippen LogP) is 1.99. The minimum absolute atomic E-state index is 1.08. The summed E-state index contributed by atoms with van der Waals surface area (Å²) < 4.78 is 0. The van der Waals surface area contributed by atoms with Crippen molar-refractivity contribution >= 4 is 0 Å². The average molecular weight is 128 g/mol. The fourth-order valence-electron chi connectivity index (χ4n) is 0.729. The molecule has 0 fully saturated rings. The summed E-state index contributed by atoms with van der Waals surface area (Å²) in [5.74, 6) is 0. The van der Waals surface area contributed by atoms with Crippen molar-refractivity contribution < 1.29 is 0 Å². The van der Waals surface area contributed by atoms with Gasteiger partial charge in [0.1, 0.15) is 0 Å². The monoisotopic (exact) mass is 128 g/mol. The molecule has 0 aromatic carbocycles. The van der Waals surface area contributed by atoms with Gasteiger partial charge in [0.15, 0.2) is 0 Å². The van der Waals surface area contributed by atoms with Crippen LogP contribution in [-0.2, 0) is 0 Å². The van der Waals surface area contributed by atoms with Crippen LogP contribution in [0.15, 0.2) is 0 Å². The van der Waals surface area contributed by atoms with Crippen molar-refractivity contribution in [2.75, 3.05) is 13.1 Å². The fourth-order valence-corrected chi connectivity index (χ4v) is 0.729. The average Bonchev–Trinajstić information content (AvgIpc) is 1.89. The van der Waals surface area contributed by atoms with E-state index in [-0.39, 0.29) is 0 Å². The highest BCUT2D eigenvalue weighted by molar-refractivity contribution is 4.47. The number of rotatable bonds is 6. The Morgan fingerprint density at radius 2 is 2.00 bits per heavy atom. The Morgan fingerprint density at radius 1 is 1.22 bits per heavy atom. The van der Waals surface area contributed by atoms with Crippen LogP contribution in [0.5, 0.6) is 0 Å². The van der Waals surface area contributed by atoms with Crippen LogP contribution in [0.1, 0.15) is 32.6 Å². The van der Waals surface area contributed by atoms with Crippen LogP contribution in [0.4, 0.5) is 0 Å². The van der Waals surface area contributed by atoms with Crippen LogP contribution in [0.3, 0.4) is 0 Å². The van der Waals surface area contributed by atoms with E-state index in [2.05, 4.69) is 19.2 Å². The van der Waals surface area contributed by atoms with Crippen LogP contribution in [0.25, 0.3) is 0 Å². The molecule has 1 nitrogen and oxygen atoms in total. The lowest BCUT2D eigenvalue weighted by molar-refractivity contribution is 0.620. The van der Waals surface area contributed by atoms with E-state index in [0.717, 1.165) is 13.0 Å². The molecule has 0 amide bonds. The zero-order valence-corrected chi connectivity index (χ0v) is 6.45. The molecule has 55 valence electrons. The van der Waals surface area contributed by atoms with Crippen molar-refractivity contribution in [3.05, 3.63) is 6.92 Å². The maximum absolute atomic E-state index is 3.78. The van der Waals surface area contributed by atoms with Gasteiger partial charge in [-0.05, 0) is 25.9 Å². The van der Waals surface area contributed by atoms with E-state index in [1.54, 1.807) is 0 Å². The van der Waals surface area contributed by atoms with Gasteiger partial charge in [0.2, 0.25) is 0 Å². The molecule has 0 unspecified atom stereocenters. The van der Waals surface area contributed by atoms with Gasteiger partial charge in [-0.15, -0.1) is 0 Å². The quantitative estimate of drug-likeness (QED) is 0.539. The van der Waals surface area contributed by atoms with Gasteiger partial charge in [-0.1, -0.05) is 26.7 Å². The molecule has 0 aliphatic carbocycles. The molecule has 9 heavy (non-hydrogen) atoms. The third-order valence-electron chi connectivity index (χ3n) is 1.28. The van der Waals surface area contributed by atoms with E-state index in [1.807, 2.05) is 0 Å². The normalized spacial score (nSPS) is 10.0. The molecule has 0 aliphatic heterocycles. The minimum atomic E-state index is 1.08. The molecule has 0 spiro atoms. The summed E-state index contributed by atoms with van der Waals surface area (Å²) in [6.45, 7) is 8.30. The molecule has 0 aliphatic rings. The van der Waals surface area contributed by atoms with E-state index in [0.29, 0.717) is 0 Å². The third-order valence-corrected chi connectivity index (χ3v) is 1.28. The first-order chi connectivity index (χ1) is 4.41. The van der Waals surface area contributed by atoms with E-state index in [9.17, 15) is 0 Å². The maximum atomic E-state index is 3.78. The lowest BCUT2D eigenvalue weighted by Crippen LogP contribution is -2.15. The van der Waals surface area contributed by atoms with E-state index < -0.39 is 0 Å². The Bertz CT molecular complexity index is 37.8. The first-order valence-electron chi connectivity index (χ1n) is 3.91. The molecular formula is C8H18N. The minimum Gasteiger partial charge on any atom is -0.317 e. The topological polar surface area (TPSA) is 12.0 Å². The van der Waals surface area contributed by atoms with E-state index in [4.69, 9.17) is 0 Å². The summed E-state index contributed by atoms with van der Waals surface area (Å²) in [5, 5.41) is 3.34. The second-order valence-corrected chi connectivity index (χ2v) is 2.31. The van der Waals surface area contributed by atoms with E-state index >= 15 is 0 Å². The fraction of sp³-hybridized carbons (Fsp3) is 0.875. The van der Waals surface area contributed by atoms with Crippen molar-refractivity contribution in [1.29, 1.82) is 0 Å². The summed E-state index contributed by atoms with van der Waals surface area (Å²) in [4.78, 5) is 0. The van der Waals surface area contributed by atoms with Gasteiger partial charge in [0.05, 0.1) is 0 Å². The first kappa shape index (κ1) is 8.96. The van der Waals surface area contributed by atoms with Gasteiger partial charge in [-0.2, -0.15) is 0 Å². The lowest BCUT2D eigenvalue weighted by atomic mass is 10.2. The number of hydrogen-bond acceptors (Lipinski definition) is 1. The summed E-state index contributed by atoms with van der Waals surface area (Å²) >= 11 is 0. The molecule has 0 saturated heterocycles. The summed E-state index contributed by atoms with van der Waals surface area (Å²) in [5.41, 5.74) is 0. The van der Waals surface area contributed by atoms with Gasteiger partial charge < -0.3 is 5.32 Å². The van der Waals surface area contributed by atoms with Crippen molar-refractivity contribution in [3.8, 4) is 0 Å². The van der Waals surface area contributed by atoms with Crippen molar-refractivity contribution in [2.45, 2.75) is 32.6 Å². The Labute approximate surface area is 58.8 Å². The van der Waals surface area contributed by atoms with Crippen molar-refractivity contribution in [1.82, 2.24) is 5.32 Å². The van der Waals surface area contributed by atoms with Crippen molar-refractivity contribution in [3.63, 3.8) is 0 Å². The highest BCUT2D eigenvalue weighted by Crippen LogP contribution is 1.90. The van der Waals surface area contributed by atoms with Crippen LogP contribution in [0.2, 0.25) is 0 Å². The molecule has 0 heterocycles. The highest BCUT2D eigenvalue weighted by atomic mass is 14.8. The molecule has 0 rings (SSSR count). The number of nitrogens with one attached hydrogen (secondary N) is 1. The van der Waals surface area contributed by atoms with Gasteiger partial charge >= 0.3 is 0 Å². The molecule has 0 aromatic rings. The Morgan fingerprint density at radius 3 is 2.56 bits per heavy atom. The Hall–Kier alpha value is -0.0400. The lowest BCUT2D eigenvalue weighted by Gasteiger charge is -1.99. The zero-order valence-electron chi connectivity index (χ0n) is 6.45. The second-order valence-electron chi connectivity index (χ2n) is 2.31. The van der Waals surface area contributed by atoms with Gasteiger partial charge in [0, 0.05) is 0 Å². The highest BCUT2D eigenvalue weighted by Gasteiger charge is 1.83. The molecule has 0 atom stereocenters. The second kappa shape index (κ2) is 7.96. The van der Waals surface area contributed by atoms with Crippen LogP contribution < -0.4 is 5.32 Å². The summed E-state index contributed by atoms with van der Waals surface area (Å²) in [6, 6.07) is 0. The third kappa shape index (κ3) is 7.96. The Balaban J connectivity index is 2.60. The molecule has 1 radical (unpaired) electrons. The molecular weight excluding hydrogens is 110 g/mol. The molecule has 1 heteroatoms. The summed E-state index contributed by atoms with van der Waals surface area (Å²) in [6.07, 6.45) is 4.86. The van der Waals surface area contributed by atoms with Crippen molar-refractivity contribution in [2.24, 2.45) is 0 Å². The summed E-state index contributed by atoms with van der Waals surface area (Å²) in [7, 11) is 0. The van der Waals surface area contributed by atoms with Crippen LogP contribution in [-0.4, -0.2) is 13.1 Å². The standard InChI is InChI=1S/C8H18N/c1-3-5-6-8-9-7-4-2/h9H,1,3-8H2,2H3. The van der Waals surface area contributed by atoms with Gasteiger partial charge in [0.25, 0.3) is 0 Å². The maximum Gasteiger partial charge on any atom is -0.00489 e. The largest absolute Gasteiger partial charge is 0.317 e.